The van der Waals surface area contributed by atoms with Crippen LogP contribution in [0.3, 0.4) is 0 Å². The van der Waals surface area contributed by atoms with Crippen molar-refractivity contribution in [3.05, 3.63) is 24.5 Å². The summed E-state index contributed by atoms with van der Waals surface area (Å²) in [5.74, 6) is 0.570. The monoisotopic (exact) mass is 355 g/mol. The molecule has 1 N–H and O–H groups in total. The van der Waals surface area contributed by atoms with Gasteiger partial charge in [0.15, 0.2) is 0 Å². The normalized spacial score (nSPS) is 13.2. The van der Waals surface area contributed by atoms with Gasteiger partial charge >= 0.3 is 0 Å². The van der Waals surface area contributed by atoms with E-state index in [1.807, 2.05) is 32.2 Å². The zero-order chi connectivity index (χ0) is 17.2. The highest BCUT2D eigenvalue weighted by Gasteiger charge is 2.23. The smallest absolute Gasteiger partial charge is 0.244 e. The SMILES string of the molecule is CCC(C)C(=O)NC(CCSSc1cccnc1)C(=O)N(C)C. The summed E-state index contributed by atoms with van der Waals surface area (Å²) in [5, 5.41) is 2.88. The molecule has 0 aromatic carbocycles. The number of rotatable bonds is 9. The Bertz CT molecular complexity index is 497. The van der Waals surface area contributed by atoms with Crippen molar-refractivity contribution in [1.82, 2.24) is 15.2 Å². The lowest BCUT2D eigenvalue weighted by molar-refractivity contribution is -0.135. The van der Waals surface area contributed by atoms with Gasteiger partial charge in [0.1, 0.15) is 6.04 Å². The van der Waals surface area contributed by atoms with E-state index in [-0.39, 0.29) is 17.7 Å². The van der Waals surface area contributed by atoms with Crippen molar-refractivity contribution in [2.45, 2.75) is 37.6 Å². The maximum absolute atomic E-state index is 12.2. The zero-order valence-electron chi connectivity index (χ0n) is 14.1. The Morgan fingerprint density at radius 2 is 2.13 bits per heavy atom. The number of likely N-dealkylation sites (N-methyl/N-ethyl adjacent to an activating group) is 1. The Morgan fingerprint density at radius 3 is 2.70 bits per heavy atom. The second-order valence-corrected chi connectivity index (χ2v) is 7.97. The summed E-state index contributed by atoms with van der Waals surface area (Å²) in [6.07, 6.45) is 4.92. The van der Waals surface area contributed by atoms with Crippen LogP contribution in [0.2, 0.25) is 0 Å². The first-order chi connectivity index (χ1) is 11.0. The van der Waals surface area contributed by atoms with Gasteiger partial charge in [-0.05, 0) is 25.0 Å². The molecule has 2 amide bonds. The van der Waals surface area contributed by atoms with Gasteiger partial charge in [-0.2, -0.15) is 0 Å². The fourth-order valence-electron chi connectivity index (χ4n) is 1.74. The van der Waals surface area contributed by atoms with Crippen molar-refractivity contribution >= 4 is 33.4 Å². The zero-order valence-corrected chi connectivity index (χ0v) is 15.7. The minimum absolute atomic E-state index is 0.0578. The number of amides is 2. The quantitative estimate of drug-likeness (QED) is 0.545. The highest BCUT2D eigenvalue weighted by atomic mass is 33.1. The largest absolute Gasteiger partial charge is 0.347 e. The first-order valence-corrected chi connectivity index (χ1v) is 9.98. The molecule has 2 atom stereocenters. The van der Waals surface area contributed by atoms with Gasteiger partial charge in [-0.1, -0.05) is 35.4 Å². The van der Waals surface area contributed by atoms with E-state index >= 15 is 0 Å². The van der Waals surface area contributed by atoms with Crippen molar-refractivity contribution in [3.8, 4) is 0 Å². The van der Waals surface area contributed by atoms with E-state index in [0.717, 1.165) is 17.1 Å². The molecular weight excluding hydrogens is 330 g/mol. The summed E-state index contributed by atoms with van der Waals surface area (Å²) in [4.78, 5) is 31.0. The number of hydrogen-bond donors (Lipinski definition) is 1. The van der Waals surface area contributed by atoms with E-state index in [9.17, 15) is 9.59 Å². The molecule has 2 unspecified atom stereocenters. The van der Waals surface area contributed by atoms with Crippen LogP contribution in [0.4, 0.5) is 0 Å². The van der Waals surface area contributed by atoms with E-state index in [4.69, 9.17) is 0 Å². The summed E-state index contributed by atoms with van der Waals surface area (Å²) < 4.78 is 0. The Balaban J connectivity index is 2.49. The molecule has 0 spiro atoms. The van der Waals surface area contributed by atoms with Crippen LogP contribution in [-0.4, -0.2) is 47.6 Å². The fraction of sp³-hybridized carbons (Fsp3) is 0.562. The van der Waals surface area contributed by atoms with Crippen molar-refractivity contribution in [1.29, 1.82) is 0 Å². The van der Waals surface area contributed by atoms with E-state index < -0.39 is 6.04 Å². The van der Waals surface area contributed by atoms with Gasteiger partial charge in [-0.3, -0.25) is 14.6 Å². The summed E-state index contributed by atoms with van der Waals surface area (Å²) in [6, 6.07) is 3.43. The van der Waals surface area contributed by atoms with Crippen LogP contribution in [0.25, 0.3) is 0 Å². The summed E-state index contributed by atoms with van der Waals surface area (Å²) in [5.41, 5.74) is 0. The molecule has 0 saturated carbocycles. The molecule has 0 aliphatic carbocycles. The molecule has 128 valence electrons. The lowest BCUT2D eigenvalue weighted by Gasteiger charge is -2.23. The molecule has 5 nitrogen and oxygen atoms in total. The fourth-order valence-corrected chi connectivity index (χ4v) is 3.77. The maximum Gasteiger partial charge on any atom is 0.244 e. The van der Waals surface area contributed by atoms with E-state index in [0.29, 0.717) is 6.42 Å². The number of nitrogens with zero attached hydrogens (tertiary/aromatic N) is 2. The third kappa shape index (κ3) is 7.26. The number of carbonyl (C=O) groups is 2. The van der Waals surface area contributed by atoms with Crippen LogP contribution in [-0.2, 0) is 9.59 Å². The second kappa shape index (κ2) is 10.5. The summed E-state index contributed by atoms with van der Waals surface area (Å²) in [7, 11) is 6.71. The number of hydrogen-bond acceptors (Lipinski definition) is 5. The van der Waals surface area contributed by atoms with Gasteiger partial charge in [-0.25, -0.2) is 0 Å². The molecule has 0 bridgehead atoms. The Hall–Kier alpha value is -1.21. The molecule has 1 aromatic heterocycles. The topological polar surface area (TPSA) is 62.3 Å². The highest BCUT2D eigenvalue weighted by molar-refractivity contribution is 8.76. The minimum atomic E-state index is -0.464. The molecule has 1 aromatic rings. The van der Waals surface area contributed by atoms with Crippen LogP contribution in [0.15, 0.2) is 29.4 Å². The van der Waals surface area contributed by atoms with Gasteiger partial charge in [0.05, 0.1) is 0 Å². The van der Waals surface area contributed by atoms with Gasteiger partial charge in [0, 0.05) is 43.1 Å². The van der Waals surface area contributed by atoms with E-state index in [2.05, 4.69) is 10.3 Å². The first-order valence-electron chi connectivity index (χ1n) is 7.66. The van der Waals surface area contributed by atoms with Crippen LogP contribution >= 0.6 is 21.6 Å². The van der Waals surface area contributed by atoms with Crippen molar-refractivity contribution in [2.75, 3.05) is 19.8 Å². The number of pyridine rings is 1. The molecular formula is C16H25N3O2S2. The third-order valence-corrected chi connectivity index (χ3v) is 5.78. The minimum Gasteiger partial charge on any atom is -0.347 e. The molecule has 0 fully saturated rings. The van der Waals surface area contributed by atoms with Gasteiger partial charge < -0.3 is 10.2 Å². The molecule has 1 heterocycles. The van der Waals surface area contributed by atoms with Gasteiger partial charge in [0.2, 0.25) is 11.8 Å². The molecule has 0 aliphatic rings. The first kappa shape index (κ1) is 19.8. The van der Waals surface area contributed by atoms with Crippen molar-refractivity contribution in [2.24, 2.45) is 5.92 Å². The summed E-state index contributed by atoms with van der Waals surface area (Å²) in [6.45, 7) is 3.84. The highest BCUT2D eigenvalue weighted by Crippen LogP contribution is 2.30. The molecule has 1 rings (SSSR count). The van der Waals surface area contributed by atoms with E-state index in [1.54, 1.807) is 41.9 Å². The summed E-state index contributed by atoms with van der Waals surface area (Å²) >= 11 is 0. The molecule has 23 heavy (non-hydrogen) atoms. The third-order valence-electron chi connectivity index (χ3n) is 3.39. The number of nitrogens with one attached hydrogen (secondary N) is 1. The van der Waals surface area contributed by atoms with Crippen LogP contribution in [0.1, 0.15) is 26.7 Å². The Kier molecular flexibility index (Phi) is 9.09. The van der Waals surface area contributed by atoms with Crippen LogP contribution in [0.5, 0.6) is 0 Å². The molecule has 0 aliphatic heterocycles. The Labute approximate surface area is 146 Å². The van der Waals surface area contributed by atoms with Crippen LogP contribution < -0.4 is 5.32 Å². The van der Waals surface area contributed by atoms with Gasteiger partial charge in [0.25, 0.3) is 0 Å². The van der Waals surface area contributed by atoms with Crippen molar-refractivity contribution < 1.29 is 9.59 Å². The lowest BCUT2D eigenvalue weighted by atomic mass is 10.1. The number of aromatic nitrogens is 1. The number of carbonyl (C=O) groups excluding carboxylic acids is 2. The predicted molar refractivity (Wildman–Crippen MR) is 97.2 cm³/mol. The molecule has 7 heteroatoms. The van der Waals surface area contributed by atoms with Crippen molar-refractivity contribution in [3.63, 3.8) is 0 Å². The van der Waals surface area contributed by atoms with Crippen LogP contribution in [0, 0.1) is 5.92 Å². The average molecular weight is 356 g/mol. The van der Waals surface area contributed by atoms with Gasteiger partial charge in [-0.15, -0.1) is 0 Å². The Morgan fingerprint density at radius 1 is 1.39 bits per heavy atom. The van der Waals surface area contributed by atoms with E-state index in [1.165, 1.54) is 4.90 Å². The average Bonchev–Trinajstić information content (AvgIpc) is 2.56. The maximum atomic E-state index is 12.2. The standard InChI is InChI=1S/C16H25N3O2S2/c1-5-12(2)15(20)18-14(16(21)19(3)4)8-10-22-23-13-7-6-9-17-11-13/h6-7,9,11-12,14H,5,8,10H2,1-4H3,(H,18,20). The lowest BCUT2D eigenvalue weighted by Crippen LogP contribution is -2.48. The molecule has 0 radical (unpaired) electrons. The second-order valence-electron chi connectivity index (χ2n) is 5.49. The predicted octanol–water partition coefficient (Wildman–Crippen LogP) is 2.83. The molecule has 0 saturated heterocycles.